The number of benzene rings is 1. The molecule has 2 fully saturated rings. The number of hydrogen-bond donors (Lipinski definition) is 0. The molecule has 1 saturated carbocycles. The summed E-state index contributed by atoms with van der Waals surface area (Å²) in [7, 11) is 0. The molecule has 0 spiro atoms. The topological polar surface area (TPSA) is 72.7 Å². The van der Waals surface area contributed by atoms with Crippen LogP contribution in [0.25, 0.3) is 5.69 Å². The van der Waals surface area contributed by atoms with Crippen molar-refractivity contribution in [3.05, 3.63) is 65.2 Å². The summed E-state index contributed by atoms with van der Waals surface area (Å²) < 4.78 is 13.8. The molecule has 2 aliphatic rings. The number of aryl methyl sites for hydroxylation is 2. The van der Waals surface area contributed by atoms with E-state index in [-0.39, 0.29) is 12.7 Å². The molecule has 5 rings (SSSR count). The Morgan fingerprint density at radius 1 is 1.15 bits per heavy atom. The standard InChI is InChI=1S/C31H37N5O3S/c1-22(2)34-14-16-35(17-15-34)31(37)38-18-6-7-25-9-10-27(19-23(25)3)39-21-29-24(4)33-30(40-28-11-12-28)36(29)26-8-5-13-32-20-26/h5,8-10,13,19-20,22,28H,11-12,14-18,21H2,1-4H3. The molecular weight excluding hydrogens is 522 g/mol. The smallest absolute Gasteiger partial charge is 0.410 e. The molecule has 3 heterocycles. The second-order valence-electron chi connectivity index (χ2n) is 10.5. The van der Waals surface area contributed by atoms with Crippen molar-refractivity contribution in [1.29, 1.82) is 0 Å². The molecule has 3 aromatic rings. The number of rotatable bonds is 8. The summed E-state index contributed by atoms with van der Waals surface area (Å²) in [6.07, 6.45) is 5.83. The summed E-state index contributed by atoms with van der Waals surface area (Å²) in [5.41, 5.74) is 4.86. The molecule has 0 N–H and O–H groups in total. The van der Waals surface area contributed by atoms with Gasteiger partial charge in [0.2, 0.25) is 0 Å². The monoisotopic (exact) mass is 559 g/mol. The molecule has 1 aromatic carbocycles. The van der Waals surface area contributed by atoms with Gasteiger partial charge in [0.25, 0.3) is 0 Å². The van der Waals surface area contributed by atoms with Crippen molar-refractivity contribution in [1.82, 2.24) is 24.3 Å². The molecule has 9 heteroatoms. The van der Waals surface area contributed by atoms with Crippen molar-refractivity contribution in [2.24, 2.45) is 0 Å². The van der Waals surface area contributed by atoms with Crippen LogP contribution in [0.5, 0.6) is 5.75 Å². The zero-order chi connectivity index (χ0) is 28.1. The largest absolute Gasteiger partial charge is 0.487 e. The van der Waals surface area contributed by atoms with Gasteiger partial charge < -0.3 is 14.4 Å². The highest BCUT2D eigenvalue weighted by atomic mass is 32.2. The lowest BCUT2D eigenvalue weighted by Gasteiger charge is -2.36. The maximum Gasteiger partial charge on any atom is 0.410 e. The number of nitrogens with zero attached hydrogens (tertiary/aromatic N) is 5. The van der Waals surface area contributed by atoms with Crippen LogP contribution in [-0.2, 0) is 11.3 Å². The Hall–Kier alpha value is -3.48. The van der Waals surface area contributed by atoms with E-state index in [0.29, 0.717) is 31.0 Å². The van der Waals surface area contributed by atoms with Crippen LogP contribution in [0, 0.1) is 25.7 Å². The van der Waals surface area contributed by atoms with Gasteiger partial charge in [-0.15, -0.1) is 0 Å². The molecule has 2 aromatic heterocycles. The van der Waals surface area contributed by atoms with Crippen LogP contribution < -0.4 is 4.74 Å². The van der Waals surface area contributed by atoms with Crippen LogP contribution in [0.3, 0.4) is 0 Å². The summed E-state index contributed by atoms with van der Waals surface area (Å²) in [5.74, 6) is 6.88. The zero-order valence-electron chi connectivity index (χ0n) is 23.7. The highest BCUT2D eigenvalue weighted by molar-refractivity contribution is 8.00. The first-order valence-electron chi connectivity index (χ1n) is 13.9. The fourth-order valence-corrected chi connectivity index (χ4v) is 5.81. The second-order valence-corrected chi connectivity index (χ2v) is 11.8. The Morgan fingerprint density at radius 2 is 1.95 bits per heavy atom. The van der Waals surface area contributed by atoms with Gasteiger partial charge in [-0.2, -0.15) is 0 Å². The molecule has 1 amide bonds. The number of carbonyl (C=O) groups excluding carboxylic acids is 1. The number of carbonyl (C=O) groups is 1. The molecule has 0 unspecified atom stereocenters. The molecule has 1 aliphatic heterocycles. The van der Waals surface area contributed by atoms with Gasteiger partial charge in [-0.1, -0.05) is 23.6 Å². The summed E-state index contributed by atoms with van der Waals surface area (Å²) in [4.78, 5) is 25.7. The average molecular weight is 560 g/mol. The van der Waals surface area contributed by atoms with Gasteiger partial charge in [0.1, 0.15) is 12.4 Å². The average Bonchev–Trinajstić information content (AvgIpc) is 3.72. The van der Waals surface area contributed by atoms with E-state index in [2.05, 4.69) is 46.2 Å². The minimum absolute atomic E-state index is 0.0692. The van der Waals surface area contributed by atoms with Gasteiger partial charge >= 0.3 is 6.09 Å². The molecule has 0 radical (unpaired) electrons. The molecule has 40 heavy (non-hydrogen) atoms. The van der Waals surface area contributed by atoms with Gasteiger partial charge in [-0.25, -0.2) is 9.78 Å². The lowest BCUT2D eigenvalue weighted by Crippen LogP contribution is -2.50. The highest BCUT2D eigenvalue weighted by Gasteiger charge is 2.27. The first-order chi connectivity index (χ1) is 19.4. The normalized spacial score (nSPS) is 15.6. The van der Waals surface area contributed by atoms with E-state index in [4.69, 9.17) is 14.5 Å². The van der Waals surface area contributed by atoms with Crippen molar-refractivity contribution in [2.75, 3.05) is 32.8 Å². The lowest BCUT2D eigenvalue weighted by molar-refractivity contribution is 0.0752. The first-order valence-corrected chi connectivity index (χ1v) is 14.8. The third kappa shape index (κ3) is 6.98. The number of piperazine rings is 1. The van der Waals surface area contributed by atoms with Gasteiger partial charge in [0, 0.05) is 49.2 Å². The number of imidazole rings is 1. The van der Waals surface area contributed by atoms with Crippen molar-refractivity contribution in [2.45, 2.75) is 63.6 Å². The number of pyridine rings is 1. The third-order valence-electron chi connectivity index (χ3n) is 7.21. The highest BCUT2D eigenvalue weighted by Crippen LogP contribution is 2.40. The van der Waals surface area contributed by atoms with Crippen LogP contribution in [0.2, 0.25) is 0 Å². The lowest BCUT2D eigenvalue weighted by atomic mass is 10.1. The van der Waals surface area contributed by atoms with Gasteiger partial charge in [-0.3, -0.25) is 14.5 Å². The molecule has 0 bridgehead atoms. The van der Waals surface area contributed by atoms with E-state index in [1.807, 2.05) is 56.1 Å². The van der Waals surface area contributed by atoms with Crippen molar-refractivity contribution in [3.63, 3.8) is 0 Å². The summed E-state index contributed by atoms with van der Waals surface area (Å²) in [6.45, 7) is 12.0. The zero-order valence-corrected chi connectivity index (χ0v) is 24.5. The molecule has 8 nitrogen and oxygen atoms in total. The number of aromatic nitrogens is 3. The first kappa shape index (κ1) is 28.1. The Labute approximate surface area is 241 Å². The quantitative estimate of drug-likeness (QED) is 0.350. The van der Waals surface area contributed by atoms with Gasteiger partial charge in [0.05, 0.1) is 23.3 Å². The summed E-state index contributed by atoms with van der Waals surface area (Å²) >= 11 is 1.83. The van der Waals surface area contributed by atoms with E-state index in [1.165, 1.54) is 12.8 Å². The van der Waals surface area contributed by atoms with E-state index in [1.54, 1.807) is 11.1 Å². The Bertz CT molecular complexity index is 1380. The SMILES string of the molecule is Cc1cc(OCc2c(C)nc(SC3CC3)n2-c2cccnc2)ccc1C#CCOC(=O)N1CCN(C(C)C)CC1. The Kier molecular flexibility index (Phi) is 8.98. The molecule has 210 valence electrons. The van der Waals surface area contributed by atoms with Crippen molar-refractivity contribution < 1.29 is 14.3 Å². The summed E-state index contributed by atoms with van der Waals surface area (Å²) in [5, 5.41) is 1.64. The fraction of sp³-hybridized carbons (Fsp3) is 0.452. The van der Waals surface area contributed by atoms with E-state index in [0.717, 1.165) is 52.2 Å². The van der Waals surface area contributed by atoms with E-state index >= 15 is 0 Å². The molecular formula is C31H37N5O3S. The molecule has 1 saturated heterocycles. The number of thioether (sulfide) groups is 1. The van der Waals surface area contributed by atoms with Crippen molar-refractivity contribution in [3.8, 4) is 23.3 Å². The van der Waals surface area contributed by atoms with Crippen LogP contribution >= 0.6 is 11.8 Å². The van der Waals surface area contributed by atoms with Crippen LogP contribution in [0.4, 0.5) is 4.79 Å². The number of ether oxygens (including phenoxy) is 2. The van der Waals surface area contributed by atoms with E-state index < -0.39 is 0 Å². The predicted molar refractivity (Wildman–Crippen MR) is 157 cm³/mol. The Balaban J connectivity index is 1.18. The van der Waals surface area contributed by atoms with Crippen molar-refractivity contribution >= 4 is 17.9 Å². The number of amides is 1. The van der Waals surface area contributed by atoms with Crippen LogP contribution in [0.15, 0.2) is 47.9 Å². The van der Waals surface area contributed by atoms with Gasteiger partial charge in [0.15, 0.2) is 11.8 Å². The maximum absolute atomic E-state index is 12.4. The van der Waals surface area contributed by atoms with Crippen LogP contribution in [-0.4, -0.2) is 74.5 Å². The summed E-state index contributed by atoms with van der Waals surface area (Å²) in [6, 6.07) is 10.4. The van der Waals surface area contributed by atoms with Crippen LogP contribution in [0.1, 0.15) is 49.2 Å². The third-order valence-corrected chi connectivity index (χ3v) is 8.50. The molecule has 1 aliphatic carbocycles. The molecule has 0 atom stereocenters. The number of hydrogen-bond acceptors (Lipinski definition) is 7. The minimum atomic E-state index is -0.294. The van der Waals surface area contributed by atoms with Gasteiger partial charge in [-0.05, 0) is 76.4 Å². The minimum Gasteiger partial charge on any atom is -0.487 e. The maximum atomic E-state index is 12.4. The predicted octanol–water partition coefficient (Wildman–Crippen LogP) is 5.23. The fourth-order valence-electron chi connectivity index (χ4n) is 4.63. The van der Waals surface area contributed by atoms with E-state index in [9.17, 15) is 4.79 Å². The Morgan fingerprint density at radius 3 is 2.62 bits per heavy atom. The second kappa shape index (κ2) is 12.8.